The van der Waals surface area contributed by atoms with E-state index in [4.69, 9.17) is 9.47 Å². The maximum Gasteiger partial charge on any atom is 0.264 e. The summed E-state index contributed by atoms with van der Waals surface area (Å²) in [7, 11) is 0.722. The quantitative estimate of drug-likeness (QED) is 0.695. The zero-order valence-corrected chi connectivity index (χ0v) is 15.7. The van der Waals surface area contributed by atoms with Crippen LogP contribution in [-0.2, 0) is 10.0 Å². The topological polar surface area (TPSA) is 72.9 Å². The van der Waals surface area contributed by atoms with E-state index in [1.54, 1.807) is 30.3 Å². The van der Waals surface area contributed by atoms with Crippen LogP contribution in [0.1, 0.15) is 23.2 Å². The van der Waals surface area contributed by atoms with Gasteiger partial charge < -0.3 is 9.47 Å². The monoisotopic (exact) mass is 375 g/mol. The van der Waals surface area contributed by atoms with E-state index < -0.39 is 10.0 Å². The van der Waals surface area contributed by atoms with Crippen molar-refractivity contribution in [3.8, 4) is 11.5 Å². The highest BCUT2D eigenvalue weighted by atomic mass is 32.2. The molecule has 3 rings (SSSR count). The first-order valence-electron chi connectivity index (χ1n) is 8.23. The van der Waals surface area contributed by atoms with Crippen LogP contribution in [0.3, 0.4) is 0 Å². The van der Waals surface area contributed by atoms with Gasteiger partial charge in [-0.2, -0.15) is 0 Å². The molecule has 0 aliphatic heterocycles. The van der Waals surface area contributed by atoms with Gasteiger partial charge in [0, 0.05) is 24.6 Å². The molecule has 7 heteroatoms. The number of hydrogen-bond donors (Lipinski definition) is 0. The maximum absolute atomic E-state index is 12.9. The highest BCUT2D eigenvalue weighted by molar-refractivity contribution is 7.92. The number of carbonyl (C=O) groups is 1. The second-order valence-corrected chi connectivity index (χ2v) is 8.14. The minimum absolute atomic E-state index is 0.0854. The molecule has 0 bridgehead atoms. The lowest BCUT2D eigenvalue weighted by Gasteiger charge is -2.21. The number of methoxy groups -OCH3 is 2. The predicted octanol–water partition coefficient (Wildman–Crippen LogP) is 3.12. The van der Waals surface area contributed by atoms with Gasteiger partial charge in [0.25, 0.3) is 10.0 Å². The van der Waals surface area contributed by atoms with Crippen LogP contribution in [0.5, 0.6) is 11.5 Å². The maximum atomic E-state index is 12.9. The fourth-order valence-electron chi connectivity index (χ4n) is 2.69. The summed E-state index contributed by atoms with van der Waals surface area (Å²) in [6.07, 6.45) is 1.84. The number of ketones is 1. The summed E-state index contributed by atoms with van der Waals surface area (Å²) in [6.45, 7) is 0. The molecule has 2 aromatic carbocycles. The van der Waals surface area contributed by atoms with Gasteiger partial charge in [0.05, 0.1) is 24.8 Å². The molecule has 0 atom stereocenters. The number of carbonyl (C=O) groups excluding carboxylic acids is 1. The van der Waals surface area contributed by atoms with Gasteiger partial charge in [-0.25, -0.2) is 8.42 Å². The number of hydrogen-bond acceptors (Lipinski definition) is 5. The normalized spacial score (nSPS) is 14.0. The zero-order valence-electron chi connectivity index (χ0n) is 14.9. The Bertz CT molecular complexity index is 917. The van der Waals surface area contributed by atoms with Gasteiger partial charge in [0.1, 0.15) is 0 Å². The van der Waals surface area contributed by atoms with Crippen molar-refractivity contribution in [1.29, 1.82) is 0 Å². The molecular weight excluding hydrogens is 354 g/mol. The van der Waals surface area contributed by atoms with Gasteiger partial charge in [-0.1, -0.05) is 12.1 Å². The summed E-state index contributed by atoms with van der Waals surface area (Å²) in [5.74, 6) is 1.15. The summed E-state index contributed by atoms with van der Waals surface area (Å²) in [4.78, 5) is 12.2. The molecule has 2 aromatic rings. The van der Waals surface area contributed by atoms with E-state index in [1.165, 1.54) is 37.7 Å². The number of Topliss-reactive ketones (excluding diaryl/α,β-unsaturated/α-hetero) is 1. The number of nitrogens with zero attached hydrogens (tertiary/aromatic N) is 1. The number of ether oxygens (including phenoxy) is 2. The Morgan fingerprint density at radius 1 is 1.00 bits per heavy atom. The van der Waals surface area contributed by atoms with Gasteiger partial charge in [-0.3, -0.25) is 9.10 Å². The second kappa shape index (κ2) is 6.99. The summed E-state index contributed by atoms with van der Waals surface area (Å²) in [5.41, 5.74) is 1.00. The molecule has 1 saturated carbocycles. The third-order valence-electron chi connectivity index (χ3n) is 4.48. The minimum Gasteiger partial charge on any atom is -0.493 e. The fourth-order valence-corrected chi connectivity index (χ4v) is 3.88. The first kappa shape index (κ1) is 18.3. The van der Waals surface area contributed by atoms with E-state index >= 15 is 0 Å². The smallest absolute Gasteiger partial charge is 0.264 e. The molecular formula is C19H21NO5S. The Labute approximate surface area is 153 Å². The van der Waals surface area contributed by atoms with Crippen LogP contribution in [-0.4, -0.2) is 35.5 Å². The molecule has 0 spiro atoms. The first-order valence-corrected chi connectivity index (χ1v) is 9.67. The summed E-state index contributed by atoms with van der Waals surface area (Å²) in [6, 6.07) is 11.0. The van der Waals surface area contributed by atoms with Crippen LogP contribution in [0.15, 0.2) is 47.4 Å². The van der Waals surface area contributed by atoms with E-state index in [-0.39, 0.29) is 16.6 Å². The summed E-state index contributed by atoms with van der Waals surface area (Å²) < 4.78 is 37.3. The zero-order chi connectivity index (χ0) is 18.9. The Balaban J connectivity index is 1.88. The van der Waals surface area contributed by atoms with E-state index in [2.05, 4.69) is 0 Å². The third kappa shape index (κ3) is 3.39. The van der Waals surface area contributed by atoms with E-state index in [1.807, 2.05) is 0 Å². The largest absolute Gasteiger partial charge is 0.493 e. The standard InChI is InChI=1S/C19H21NO5S/c1-20(15-8-11-17(24-2)18(12-15)25-3)26(22,23)16-9-6-14(7-10-16)19(21)13-4-5-13/h6-13H,4-5H2,1-3H3. The molecule has 0 aromatic heterocycles. The van der Waals surface area contributed by atoms with E-state index in [9.17, 15) is 13.2 Å². The number of benzene rings is 2. The highest BCUT2D eigenvalue weighted by Crippen LogP contribution is 2.34. The van der Waals surface area contributed by atoms with Crippen LogP contribution in [0, 0.1) is 5.92 Å². The van der Waals surface area contributed by atoms with Crippen molar-refractivity contribution in [2.24, 2.45) is 5.92 Å². The predicted molar refractivity (Wildman–Crippen MR) is 98.6 cm³/mol. The average molecular weight is 375 g/mol. The van der Waals surface area contributed by atoms with Crippen molar-refractivity contribution >= 4 is 21.5 Å². The van der Waals surface area contributed by atoms with Crippen molar-refractivity contribution in [1.82, 2.24) is 0 Å². The Hall–Kier alpha value is -2.54. The van der Waals surface area contributed by atoms with Crippen LogP contribution in [0.25, 0.3) is 0 Å². The van der Waals surface area contributed by atoms with Crippen LogP contribution in [0.4, 0.5) is 5.69 Å². The Kier molecular flexibility index (Phi) is 4.91. The minimum atomic E-state index is -3.76. The summed E-state index contributed by atoms with van der Waals surface area (Å²) >= 11 is 0. The number of rotatable bonds is 7. The second-order valence-electron chi connectivity index (χ2n) is 6.17. The molecule has 0 unspecified atom stereocenters. The highest BCUT2D eigenvalue weighted by Gasteiger charge is 2.30. The van der Waals surface area contributed by atoms with Crippen LogP contribution in [0.2, 0.25) is 0 Å². The lowest BCUT2D eigenvalue weighted by molar-refractivity contribution is 0.0967. The molecule has 0 radical (unpaired) electrons. The van der Waals surface area contributed by atoms with Crippen LogP contribution < -0.4 is 13.8 Å². The molecule has 6 nitrogen and oxygen atoms in total. The van der Waals surface area contributed by atoms with Gasteiger partial charge in [-0.15, -0.1) is 0 Å². The molecule has 1 aliphatic rings. The van der Waals surface area contributed by atoms with Gasteiger partial charge >= 0.3 is 0 Å². The van der Waals surface area contributed by atoms with Crippen molar-refractivity contribution in [3.05, 3.63) is 48.0 Å². The third-order valence-corrected chi connectivity index (χ3v) is 6.28. The van der Waals surface area contributed by atoms with Gasteiger partial charge in [0.2, 0.25) is 0 Å². The van der Waals surface area contributed by atoms with Gasteiger partial charge in [0.15, 0.2) is 17.3 Å². The molecule has 26 heavy (non-hydrogen) atoms. The lowest BCUT2D eigenvalue weighted by Crippen LogP contribution is -2.26. The Morgan fingerprint density at radius 3 is 2.15 bits per heavy atom. The molecule has 0 saturated heterocycles. The molecule has 138 valence electrons. The van der Waals surface area contributed by atoms with E-state index in [0.717, 1.165) is 12.8 Å². The number of sulfonamides is 1. The molecule has 1 fully saturated rings. The van der Waals surface area contributed by atoms with Crippen molar-refractivity contribution in [2.75, 3.05) is 25.6 Å². The van der Waals surface area contributed by atoms with Crippen LogP contribution >= 0.6 is 0 Å². The first-order chi connectivity index (χ1) is 12.4. The molecule has 0 heterocycles. The Morgan fingerprint density at radius 2 is 1.62 bits per heavy atom. The molecule has 0 N–H and O–H groups in total. The van der Waals surface area contributed by atoms with Crippen molar-refractivity contribution < 1.29 is 22.7 Å². The van der Waals surface area contributed by atoms with Crippen molar-refractivity contribution in [2.45, 2.75) is 17.7 Å². The number of anilines is 1. The summed E-state index contributed by atoms with van der Waals surface area (Å²) in [5, 5.41) is 0. The SMILES string of the molecule is COc1ccc(N(C)S(=O)(=O)c2ccc(C(=O)C3CC3)cc2)cc1OC. The van der Waals surface area contributed by atoms with Crippen molar-refractivity contribution in [3.63, 3.8) is 0 Å². The van der Waals surface area contributed by atoms with Gasteiger partial charge in [-0.05, 0) is 37.1 Å². The average Bonchev–Trinajstić information content (AvgIpc) is 3.51. The lowest BCUT2D eigenvalue weighted by atomic mass is 10.1. The molecule has 0 amide bonds. The molecule has 1 aliphatic carbocycles. The van der Waals surface area contributed by atoms with E-state index in [0.29, 0.717) is 22.7 Å². The fraction of sp³-hybridized carbons (Fsp3) is 0.316.